The van der Waals surface area contributed by atoms with Gasteiger partial charge in [0.25, 0.3) is 0 Å². The van der Waals surface area contributed by atoms with Gasteiger partial charge in [-0.05, 0) is 18.6 Å². The zero-order chi connectivity index (χ0) is 13.8. The van der Waals surface area contributed by atoms with Gasteiger partial charge in [0.1, 0.15) is 0 Å². The Morgan fingerprint density at radius 3 is 2.06 bits per heavy atom. The number of hydrogen-bond donors (Lipinski definition) is 1. The Hall–Kier alpha value is -1.85. The van der Waals surface area contributed by atoms with Crippen LogP contribution in [-0.2, 0) is 11.0 Å². The number of Topliss-reactive ketones (excluding diaryl/α,β-unsaturated/α-hetero) is 1. The molecule has 1 aromatic rings. The summed E-state index contributed by atoms with van der Waals surface area (Å²) >= 11 is 0. The van der Waals surface area contributed by atoms with Crippen molar-refractivity contribution >= 4 is 11.8 Å². The summed E-state index contributed by atoms with van der Waals surface area (Å²) in [7, 11) is 0. The van der Waals surface area contributed by atoms with Gasteiger partial charge in [0.15, 0.2) is 5.78 Å². The monoisotopic (exact) mass is 260 g/mol. The molecular weight excluding hydrogens is 249 g/mol. The van der Waals surface area contributed by atoms with Crippen molar-refractivity contribution in [2.24, 2.45) is 0 Å². The summed E-state index contributed by atoms with van der Waals surface area (Å²) in [4.78, 5) is 21.7. The quantitative estimate of drug-likeness (QED) is 0.827. The second-order valence-electron chi connectivity index (χ2n) is 3.75. The summed E-state index contributed by atoms with van der Waals surface area (Å²) in [6.45, 7) is 0. The molecule has 18 heavy (non-hydrogen) atoms. The van der Waals surface area contributed by atoms with Gasteiger partial charge >= 0.3 is 12.1 Å². The molecule has 1 rings (SSSR count). The van der Waals surface area contributed by atoms with E-state index in [-0.39, 0.29) is 30.6 Å². The Morgan fingerprint density at radius 1 is 1.06 bits per heavy atom. The third-order valence-corrected chi connectivity index (χ3v) is 2.33. The third-order valence-electron chi connectivity index (χ3n) is 2.33. The molecule has 0 unspecified atom stereocenters. The molecule has 0 saturated heterocycles. The van der Waals surface area contributed by atoms with E-state index in [0.29, 0.717) is 0 Å². The first-order valence-corrected chi connectivity index (χ1v) is 5.23. The van der Waals surface area contributed by atoms with Crippen LogP contribution in [-0.4, -0.2) is 16.9 Å². The van der Waals surface area contributed by atoms with Gasteiger partial charge in [-0.15, -0.1) is 0 Å². The number of rotatable bonds is 5. The Bertz CT molecular complexity index is 435. The minimum absolute atomic E-state index is 0.0116. The molecule has 0 aliphatic heterocycles. The maximum atomic E-state index is 12.3. The lowest BCUT2D eigenvalue weighted by molar-refractivity contribution is -0.138. The summed E-state index contributed by atoms with van der Waals surface area (Å²) < 4.78 is 36.8. The van der Waals surface area contributed by atoms with Crippen LogP contribution >= 0.6 is 0 Å². The van der Waals surface area contributed by atoms with E-state index in [2.05, 4.69) is 0 Å². The van der Waals surface area contributed by atoms with Crippen LogP contribution in [0.1, 0.15) is 35.2 Å². The number of carboxylic acid groups (broad SMARTS) is 1. The summed E-state index contributed by atoms with van der Waals surface area (Å²) in [6.07, 6.45) is -4.37. The summed E-state index contributed by atoms with van der Waals surface area (Å²) in [5.74, 6) is -1.36. The molecule has 1 aromatic carbocycles. The minimum atomic E-state index is -4.43. The lowest BCUT2D eigenvalue weighted by Gasteiger charge is -2.07. The van der Waals surface area contributed by atoms with Crippen molar-refractivity contribution < 1.29 is 27.9 Å². The second kappa shape index (κ2) is 5.66. The van der Waals surface area contributed by atoms with E-state index in [1.807, 2.05) is 0 Å². The molecule has 6 heteroatoms. The number of hydrogen-bond acceptors (Lipinski definition) is 2. The number of alkyl halides is 3. The van der Waals surface area contributed by atoms with Crippen molar-refractivity contribution in [2.75, 3.05) is 0 Å². The van der Waals surface area contributed by atoms with E-state index in [4.69, 9.17) is 5.11 Å². The number of carbonyl (C=O) groups excluding carboxylic acids is 1. The van der Waals surface area contributed by atoms with E-state index in [9.17, 15) is 22.8 Å². The highest BCUT2D eigenvalue weighted by atomic mass is 19.4. The lowest BCUT2D eigenvalue weighted by atomic mass is 10.0. The van der Waals surface area contributed by atoms with Crippen LogP contribution in [0.25, 0.3) is 0 Å². The first kappa shape index (κ1) is 14.2. The van der Waals surface area contributed by atoms with Crippen LogP contribution in [0, 0.1) is 0 Å². The molecule has 0 spiro atoms. The molecule has 0 aliphatic carbocycles. The molecule has 1 N–H and O–H groups in total. The fourth-order valence-corrected chi connectivity index (χ4v) is 1.39. The molecular formula is C12H11F3O3. The van der Waals surface area contributed by atoms with E-state index < -0.39 is 17.7 Å². The number of benzene rings is 1. The van der Waals surface area contributed by atoms with Crippen LogP contribution in [0.5, 0.6) is 0 Å². The number of aliphatic carboxylic acids is 1. The van der Waals surface area contributed by atoms with Gasteiger partial charge in [-0.2, -0.15) is 13.2 Å². The van der Waals surface area contributed by atoms with E-state index >= 15 is 0 Å². The summed E-state index contributed by atoms with van der Waals surface area (Å²) in [5, 5.41) is 8.39. The molecule has 0 bridgehead atoms. The van der Waals surface area contributed by atoms with Crippen molar-refractivity contribution in [3.63, 3.8) is 0 Å². The zero-order valence-electron chi connectivity index (χ0n) is 9.33. The highest BCUT2D eigenvalue weighted by molar-refractivity contribution is 5.96. The van der Waals surface area contributed by atoms with Crippen LogP contribution in [0.3, 0.4) is 0 Å². The lowest BCUT2D eigenvalue weighted by Crippen LogP contribution is -2.06. The Labute approximate surface area is 101 Å². The predicted octanol–water partition coefficient (Wildman–Crippen LogP) is 3.14. The number of halogens is 3. The molecule has 0 atom stereocenters. The SMILES string of the molecule is O=C(O)CCCC(=O)c1ccc(C(F)(F)F)cc1. The highest BCUT2D eigenvalue weighted by Crippen LogP contribution is 2.29. The van der Waals surface area contributed by atoms with Crippen molar-refractivity contribution in [2.45, 2.75) is 25.4 Å². The largest absolute Gasteiger partial charge is 0.481 e. The average Bonchev–Trinajstić information content (AvgIpc) is 2.27. The fourth-order valence-electron chi connectivity index (χ4n) is 1.39. The maximum Gasteiger partial charge on any atom is 0.416 e. The van der Waals surface area contributed by atoms with Gasteiger partial charge in [0, 0.05) is 18.4 Å². The van der Waals surface area contributed by atoms with Crippen molar-refractivity contribution in [1.82, 2.24) is 0 Å². The molecule has 0 heterocycles. The van der Waals surface area contributed by atoms with Gasteiger partial charge < -0.3 is 5.11 Å². The average molecular weight is 260 g/mol. The van der Waals surface area contributed by atoms with E-state index in [1.165, 1.54) is 0 Å². The van der Waals surface area contributed by atoms with Crippen molar-refractivity contribution in [3.8, 4) is 0 Å². The highest BCUT2D eigenvalue weighted by Gasteiger charge is 2.30. The third kappa shape index (κ3) is 4.20. The number of ketones is 1. The molecule has 0 aromatic heterocycles. The van der Waals surface area contributed by atoms with Gasteiger partial charge in [-0.3, -0.25) is 9.59 Å². The first-order chi connectivity index (χ1) is 8.30. The predicted molar refractivity (Wildman–Crippen MR) is 57.3 cm³/mol. The topological polar surface area (TPSA) is 54.4 Å². The normalized spacial score (nSPS) is 11.3. The number of carbonyl (C=O) groups is 2. The van der Waals surface area contributed by atoms with Crippen LogP contribution in [0.2, 0.25) is 0 Å². The van der Waals surface area contributed by atoms with Crippen LogP contribution < -0.4 is 0 Å². The zero-order valence-corrected chi connectivity index (χ0v) is 9.33. The maximum absolute atomic E-state index is 12.3. The Morgan fingerprint density at radius 2 is 1.61 bits per heavy atom. The van der Waals surface area contributed by atoms with Gasteiger partial charge in [-0.25, -0.2) is 0 Å². The van der Waals surface area contributed by atoms with Crippen LogP contribution in [0.4, 0.5) is 13.2 Å². The second-order valence-corrected chi connectivity index (χ2v) is 3.75. The molecule has 0 radical (unpaired) electrons. The molecule has 0 aliphatic rings. The Kier molecular flexibility index (Phi) is 4.47. The summed E-state index contributed by atoms with van der Waals surface area (Å²) in [6, 6.07) is 3.88. The van der Waals surface area contributed by atoms with Gasteiger partial charge in [-0.1, -0.05) is 12.1 Å². The van der Waals surface area contributed by atoms with Gasteiger partial charge in [0.2, 0.25) is 0 Å². The summed E-state index contributed by atoms with van der Waals surface area (Å²) in [5.41, 5.74) is -0.655. The number of carboxylic acids is 1. The molecule has 0 fully saturated rings. The van der Waals surface area contributed by atoms with Crippen LogP contribution in [0.15, 0.2) is 24.3 Å². The first-order valence-electron chi connectivity index (χ1n) is 5.23. The molecule has 98 valence electrons. The van der Waals surface area contributed by atoms with E-state index in [0.717, 1.165) is 24.3 Å². The minimum Gasteiger partial charge on any atom is -0.481 e. The van der Waals surface area contributed by atoms with Crippen molar-refractivity contribution in [3.05, 3.63) is 35.4 Å². The Balaban J connectivity index is 2.62. The van der Waals surface area contributed by atoms with Gasteiger partial charge in [0.05, 0.1) is 5.56 Å². The smallest absolute Gasteiger partial charge is 0.416 e. The molecule has 3 nitrogen and oxygen atoms in total. The molecule has 0 amide bonds. The van der Waals surface area contributed by atoms with E-state index in [1.54, 1.807) is 0 Å². The molecule has 0 saturated carbocycles. The standard InChI is InChI=1S/C12H11F3O3/c13-12(14,15)9-6-4-8(5-7-9)10(16)2-1-3-11(17)18/h4-7H,1-3H2,(H,17,18). The van der Waals surface area contributed by atoms with Crippen molar-refractivity contribution in [1.29, 1.82) is 0 Å². The fraction of sp³-hybridized carbons (Fsp3) is 0.333.